The van der Waals surface area contributed by atoms with Crippen molar-refractivity contribution in [1.29, 1.82) is 0 Å². The molecule has 0 amide bonds. The minimum Gasteiger partial charge on any atom is -0.497 e. The summed E-state index contributed by atoms with van der Waals surface area (Å²) in [6.45, 7) is 10.6. The van der Waals surface area contributed by atoms with Crippen LogP contribution in [0, 0.1) is 0 Å². The van der Waals surface area contributed by atoms with Crippen LogP contribution in [0.1, 0.15) is 39.2 Å². The van der Waals surface area contributed by atoms with Crippen LogP contribution in [0.5, 0.6) is 11.5 Å². The lowest BCUT2D eigenvalue weighted by molar-refractivity contribution is -0.142. The first-order chi connectivity index (χ1) is 13.5. The van der Waals surface area contributed by atoms with E-state index in [1.807, 2.05) is 32.9 Å². The van der Waals surface area contributed by atoms with E-state index < -0.39 is 20.0 Å². The van der Waals surface area contributed by atoms with Gasteiger partial charge in [0.05, 0.1) is 19.1 Å². The standard InChI is InChI=1S/C23H30O5Si/c1-23(2,3)19-15-17(11-12-20(19)28-22(26)14-13-21(24)25)27-16-29(4,5)18-9-7-6-8-10-18/h6-12,15H,13-14,16H2,1-5H3,(H,24,25). The second-order valence-electron chi connectivity index (χ2n) is 8.81. The number of carbonyl (C=O) groups excluding carboxylic acids is 1. The molecule has 29 heavy (non-hydrogen) atoms. The number of carbonyl (C=O) groups is 2. The van der Waals surface area contributed by atoms with Gasteiger partial charge >= 0.3 is 11.9 Å². The Hall–Kier alpha value is -2.60. The van der Waals surface area contributed by atoms with E-state index in [1.54, 1.807) is 12.1 Å². The van der Waals surface area contributed by atoms with Gasteiger partial charge < -0.3 is 14.6 Å². The number of ether oxygens (including phenoxy) is 2. The van der Waals surface area contributed by atoms with Crippen LogP contribution < -0.4 is 14.7 Å². The van der Waals surface area contributed by atoms with Crippen LogP contribution in [0.4, 0.5) is 0 Å². The lowest BCUT2D eigenvalue weighted by Crippen LogP contribution is -2.47. The van der Waals surface area contributed by atoms with Crippen LogP contribution >= 0.6 is 0 Å². The maximum Gasteiger partial charge on any atom is 0.311 e. The smallest absolute Gasteiger partial charge is 0.311 e. The van der Waals surface area contributed by atoms with Crippen molar-refractivity contribution in [1.82, 2.24) is 0 Å². The summed E-state index contributed by atoms with van der Waals surface area (Å²) in [7, 11) is -1.75. The van der Waals surface area contributed by atoms with Crippen molar-refractivity contribution < 1.29 is 24.2 Å². The molecule has 1 N–H and O–H groups in total. The summed E-state index contributed by atoms with van der Waals surface area (Å²) in [6, 6.07) is 15.8. The molecule has 0 bridgehead atoms. The zero-order valence-corrected chi connectivity index (χ0v) is 18.8. The summed E-state index contributed by atoms with van der Waals surface area (Å²) in [6.07, 6.45) is 0.233. The minimum atomic E-state index is -1.75. The van der Waals surface area contributed by atoms with Crippen LogP contribution in [0.3, 0.4) is 0 Å². The Kier molecular flexibility index (Phi) is 7.25. The summed E-state index contributed by atoms with van der Waals surface area (Å²) in [5.41, 5.74) is 0.576. The number of rotatable bonds is 8. The molecule has 0 aliphatic carbocycles. The van der Waals surface area contributed by atoms with Crippen LogP contribution in [-0.4, -0.2) is 31.3 Å². The number of carboxylic acid groups (broad SMARTS) is 1. The molecule has 0 heterocycles. The summed E-state index contributed by atoms with van der Waals surface area (Å²) in [5, 5.41) is 10.1. The van der Waals surface area contributed by atoms with Gasteiger partial charge in [0.15, 0.2) is 0 Å². The Morgan fingerprint density at radius 3 is 2.24 bits per heavy atom. The molecule has 2 aromatic carbocycles. The van der Waals surface area contributed by atoms with Crippen LogP contribution in [-0.2, 0) is 15.0 Å². The summed E-state index contributed by atoms with van der Waals surface area (Å²) in [4.78, 5) is 22.6. The Morgan fingerprint density at radius 2 is 1.66 bits per heavy atom. The number of aliphatic carboxylic acids is 1. The molecule has 2 rings (SSSR count). The number of hydrogen-bond acceptors (Lipinski definition) is 4. The molecule has 0 aliphatic rings. The molecule has 0 atom stereocenters. The van der Waals surface area contributed by atoms with Gasteiger partial charge in [0, 0.05) is 5.56 Å². The van der Waals surface area contributed by atoms with Gasteiger partial charge in [-0.15, -0.1) is 0 Å². The van der Waals surface area contributed by atoms with E-state index in [1.165, 1.54) is 5.19 Å². The van der Waals surface area contributed by atoms with E-state index in [2.05, 4.69) is 37.4 Å². The summed E-state index contributed by atoms with van der Waals surface area (Å²) in [5.74, 6) is -0.396. The highest BCUT2D eigenvalue weighted by atomic mass is 28.3. The quantitative estimate of drug-likeness (QED) is 0.396. The molecule has 0 unspecified atom stereocenters. The zero-order chi connectivity index (χ0) is 21.7. The zero-order valence-electron chi connectivity index (χ0n) is 17.8. The first-order valence-electron chi connectivity index (χ1n) is 9.74. The van der Waals surface area contributed by atoms with E-state index in [9.17, 15) is 9.59 Å². The highest BCUT2D eigenvalue weighted by molar-refractivity contribution is 6.89. The fourth-order valence-electron chi connectivity index (χ4n) is 2.89. The van der Waals surface area contributed by atoms with Crippen molar-refractivity contribution in [3.63, 3.8) is 0 Å². The van der Waals surface area contributed by atoms with Crippen LogP contribution in [0.15, 0.2) is 48.5 Å². The normalized spacial score (nSPS) is 11.8. The van der Waals surface area contributed by atoms with Gasteiger partial charge in [-0.2, -0.15) is 0 Å². The molecule has 0 spiro atoms. The van der Waals surface area contributed by atoms with Crippen LogP contribution in [0.25, 0.3) is 0 Å². The molecular formula is C23H30O5Si. The molecule has 6 heteroatoms. The van der Waals surface area contributed by atoms with Crippen molar-refractivity contribution >= 4 is 25.2 Å². The molecule has 0 aromatic heterocycles. The minimum absolute atomic E-state index is 0.159. The Labute approximate surface area is 173 Å². The third kappa shape index (κ3) is 6.75. The number of esters is 1. The number of hydrogen-bond donors (Lipinski definition) is 1. The lowest BCUT2D eigenvalue weighted by Gasteiger charge is -2.25. The molecule has 2 aromatic rings. The van der Waals surface area contributed by atoms with E-state index >= 15 is 0 Å². The van der Waals surface area contributed by atoms with Gasteiger partial charge in [0.1, 0.15) is 19.6 Å². The predicted octanol–water partition coefficient (Wildman–Crippen LogP) is 4.29. The fourth-order valence-corrected chi connectivity index (χ4v) is 4.68. The van der Waals surface area contributed by atoms with Gasteiger partial charge in [0.2, 0.25) is 0 Å². The summed E-state index contributed by atoms with van der Waals surface area (Å²) < 4.78 is 11.6. The number of carboxylic acids is 1. The third-order valence-corrected chi connectivity index (χ3v) is 7.44. The first kappa shape index (κ1) is 22.7. The second kappa shape index (κ2) is 9.26. The topological polar surface area (TPSA) is 72.8 Å². The molecule has 0 saturated heterocycles. The van der Waals surface area contributed by atoms with Gasteiger partial charge in [0.25, 0.3) is 0 Å². The van der Waals surface area contributed by atoms with Crippen molar-refractivity contribution in [3.8, 4) is 11.5 Å². The van der Waals surface area contributed by atoms with Gasteiger partial charge in [-0.3, -0.25) is 9.59 Å². The average Bonchev–Trinajstić information content (AvgIpc) is 2.65. The Balaban J connectivity index is 2.16. The molecular weight excluding hydrogens is 384 g/mol. The largest absolute Gasteiger partial charge is 0.497 e. The maximum absolute atomic E-state index is 12.0. The molecule has 0 radical (unpaired) electrons. The van der Waals surface area contributed by atoms with E-state index in [-0.39, 0.29) is 18.3 Å². The highest BCUT2D eigenvalue weighted by Crippen LogP contribution is 2.35. The monoisotopic (exact) mass is 414 g/mol. The average molecular weight is 415 g/mol. The number of benzene rings is 2. The fraction of sp³-hybridized carbons (Fsp3) is 0.391. The molecule has 0 fully saturated rings. The van der Waals surface area contributed by atoms with E-state index in [0.717, 1.165) is 11.3 Å². The third-order valence-electron chi connectivity index (χ3n) is 4.68. The SMILES string of the molecule is CC(C)(C)c1cc(OC[Si](C)(C)c2ccccc2)ccc1OC(=O)CCC(=O)O. The molecule has 0 aliphatic heterocycles. The van der Waals surface area contributed by atoms with Crippen LogP contribution in [0.2, 0.25) is 13.1 Å². The highest BCUT2D eigenvalue weighted by Gasteiger charge is 2.26. The van der Waals surface area contributed by atoms with Crippen molar-refractivity contribution in [2.45, 2.75) is 52.1 Å². The van der Waals surface area contributed by atoms with Gasteiger partial charge in [-0.1, -0.05) is 69.4 Å². The molecule has 156 valence electrons. The molecule has 5 nitrogen and oxygen atoms in total. The van der Waals surface area contributed by atoms with E-state index in [4.69, 9.17) is 14.6 Å². The van der Waals surface area contributed by atoms with Gasteiger partial charge in [-0.25, -0.2) is 0 Å². The van der Waals surface area contributed by atoms with Crippen molar-refractivity contribution in [3.05, 3.63) is 54.1 Å². The second-order valence-corrected chi connectivity index (χ2v) is 13.4. The Morgan fingerprint density at radius 1 is 1.00 bits per heavy atom. The summed E-state index contributed by atoms with van der Waals surface area (Å²) >= 11 is 0. The first-order valence-corrected chi connectivity index (χ1v) is 12.9. The van der Waals surface area contributed by atoms with Crippen molar-refractivity contribution in [2.75, 3.05) is 6.23 Å². The lowest BCUT2D eigenvalue weighted by atomic mass is 9.86. The maximum atomic E-state index is 12.0. The predicted molar refractivity (Wildman–Crippen MR) is 117 cm³/mol. The van der Waals surface area contributed by atoms with Crippen molar-refractivity contribution in [2.24, 2.45) is 0 Å². The Bertz CT molecular complexity index is 853. The molecule has 0 saturated carbocycles. The van der Waals surface area contributed by atoms with Gasteiger partial charge in [-0.05, 0) is 23.6 Å². The van der Waals surface area contributed by atoms with E-state index in [0.29, 0.717) is 12.0 Å².